The molecule has 2 N–H and O–H groups in total. The van der Waals surface area contributed by atoms with Crippen LogP contribution in [0.25, 0.3) is 0 Å². The highest BCUT2D eigenvalue weighted by molar-refractivity contribution is 5.97. The number of hydrogen-bond donors (Lipinski definition) is 2. The SMILES string of the molecule is C/C=C(\C=NC)CNC(=O)Nc1cc(C(=O)N2CCC(c3ccc(C#N)cc3)CC2)ccc1C.CC. The summed E-state index contributed by atoms with van der Waals surface area (Å²) >= 11 is 0. The predicted molar refractivity (Wildman–Crippen MR) is 147 cm³/mol. The molecule has 7 heteroatoms. The standard InChI is InChI=1S/C27H31N5O2.C2H6/c1-4-20(17-29-3)18-30-27(34)31-25-15-24(8-5-19(25)2)26(33)32-13-11-23(12-14-32)22-9-6-21(16-28)7-10-22;1-2/h4-10,15,17,23H,11-14,18H2,1-3H3,(H2,30,31,34);1-2H3/b20-4+,29-17?;. The lowest BCUT2D eigenvalue weighted by molar-refractivity contribution is 0.0713. The molecule has 1 heterocycles. The normalized spacial score (nSPS) is 14.0. The van der Waals surface area contributed by atoms with Gasteiger partial charge in [-0.3, -0.25) is 9.79 Å². The van der Waals surface area contributed by atoms with Crippen LogP contribution in [0.4, 0.5) is 10.5 Å². The number of aliphatic imine (C=N–C) groups is 1. The van der Waals surface area contributed by atoms with Crippen LogP contribution in [0.15, 0.2) is 59.1 Å². The molecular weight excluding hydrogens is 450 g/mol. The van der Waals surface area contributed by atoms with Crippen LogP contribution in [0.3, 0.4) is 0 Å². The third-order valence-electron chi connectivity index (χ3n) is 6.14. The molecule has 3 amide bonds. The summed E-state index contributed by atoms with van der Waals surface area (Å²) in [5, 5.41) is 14.6. The van der Waals surface area contributed by atoms with Gasteiger partial charge in [0, 0.05) is 44.1 Å². The van der Waals surface area contributed by atoms with E-state index in [1.165, 1.54) is 5.56 Å². The van der Waals surface area contributed by atoms with E-state index >= 15 is 0 Å². The summed E-state index contributed by atoms with van der Waals surface area (Å²) in [6.07, 6.45) is 5.36. The number of nitriles is 1. The number of carbonyl (C=O) groups excluding carboxylic acids is 2. The van der Waals surface area contributed by atoms with Gasteiger partial charge in [0.15, 0.2) is 0 Å². The third-order valence-corrected chi connectivity index (χ3v) is 6.14. The molecule has 1 saturated heterocycles. The summed E-state index contributed by atoms with van der Waals surface area (Å²) in [5.41, 5.74) is 4.83. The minimum absolute atomic E-state index is 0.0305. The van der Waals surface area contributed by atoms with Crippen molar-refractivity contribution in [3.63, 3.8) is 0 Å². The number of nitrogens with one attached hydrogen (secondary N) is 2. The predicted octanol–water partition coefficient (Wildman–Crippen LogP) is 5.68. The number of urea groups is 1. The van der Waals surface area contributed by atoms with Crippen molar-refractivity contribution in [2.75, 3.05) is 32.0 Å². The van der Waals surface area contributed by atoms with Crippen LogP contribution in [0.2, 0.25) is 0 Å². The highest BCUT2D eigenvalue weighted by Gasteiger charge is 2.25. The molecule has 3 rings (SSSR count). The number of carbonyl (C=O) groups is 2. The Hall–Kier alpha value is -3.92. The van der Waals surface area contributed by atoms with Crippen LogP contribution in [-0.4, -0.2) is 49.7 Å². The lowest BCUT2D eigenvalue weighted by atomic mass is 9.89. The number of benzene rings is 2. The summed E-state index contributed by atoms with van der Waals surface area (Å²) in [4.78, 5) is 31.4. The van der Waals surface area contributed by atoms with E-state index < -0.39 is 0 Å². The van der Waals surface area contributed by atoms with Crippen molar-refractivity contribution in [1.29, 1.82) is 5.26 Å². The van der Waals surface area contributed by atoms with Gasteiger partial charge >= 0.3 is 6.03 Å². The van der Waals surface area contributed by atoms with Gasteiger partial charge in [0.25, 0.3) is 5.91 Å². The van der Waals surface area contributed by atoms with E-state index in [4.69, 9.17) is 5.26 Å². The molecule has 1 aliphatic heterocycles. The van der Waals surface area contributed by atoms with Gasteiger partial charge in [-0.2, -0.15) is 5.26 Å². The first kappa shape index (κ1) is 28.3. The molecule has 0 aliphatic carbocycles. The lowest BCUT2D eigenvalue weighted by Crippen LogP contribution is -2.38. The highest BCUT2D eigenvalue weighted by atomic mass is 16.2. The Morgan fingerprint density at radius 3 is 2.39 bits per heavy atom. The molecule has 1 fully saturated rings. The maximum absolute atomic E-state index is 13.1. The van der Waals surface area contributed by atoms with Crippen molar-refractivity contribution >= 4 is 23.8 Å². The Kier molecular flexibility index (Phi) is 11.4. The minimum atomic E-state index is -0.334. The summed E-state index contributed by atoms with van der Waals surface area (Å²) in [6, 6.07) is 14.9. The molecule has 0 atom stereocenters. The zero-order valence-electron chi connectivity index (χ0n) is 22.0. The van der Waals surface area contributed by atoms with Crippen molar-refractivity contribution in [2.24, 2.45) is 4.99 Å². The molecule has 0 unspecified atom stereocenters. The zero-order chi connectivity index (χ0) is 26.5. The molecule has 0 aromatic heterocycles. The first-order valence-electron chi connectivity index (χ1n) is 12.5. The number of amides is 3. The number of hydrogen-bond acceptors (Lipinski definition) is 4. The Balaban J connectivity index is 0.00000222. The number of nitrogens with zero attached hydrogens (tertiary/aromatic N) is 3. The van der Waals surface area contributed by atoms with Crippen LogP contribution in [0, 0.1) is 18.3 Å². The molecule has 0 radical (unpaired) electrons. The van der Waals surface area contributed by atoms with Gasteiger partial charge in [-0.15, -0.1) is 0 Å². The van der Waals surface area contributed by atoms with Crippen molar-refractivity contribution in [3.8, 4) is 6.07 Å². The van der Waals surface area contributed by atoms with Crippen LogP contribution in [0.1, 0.15) is 66.6 Å². The molecule has 0 bridgehead atoms. The lowest BCUT2D eigenvalue weighted by Gasteiger charge is -2.32. The summed E-state index contributed by atoms with van der Waals surface area (Å²) in [6.45, 7) is 9.50. The fourth-order valence-electron chi connectivity index (χ4n) is 4.05. The van der Waals surface area contributed by atoms with Gasteiger partial charge in [-0.25, -0.2) is 4.79 Å². The molecule has 36 heavy (non-hydrogen) atoms. The molecule has 190 valence electrons. The van der Waals surface area contributed by atoms with Crippen LogP contribution < -0.4 is 10.6 Å². The Labute approximate surface area is 214 Å². The van der Waals surface area contributed by atoms with Crippen LogP contribution >= 0.6 is 0 Å². The molecule has 2 aromatic rings. The zero-order valence-corrected chi connectivity index (χ0v) is 22.0. The third kappa shape index (κ3) is 7.81. The van der Waals surface area contributed by atoms with E-state index in [1.54, 1.807) is 19.3 Å². The summed E-state index contributed by atoms with van der Waals surface area (Å²) in [7, 11) is 1.69. The molecule has 0 saturated carbocycles. The van der Waals surface area contributed by atoms with Gasteiger partial charge in [0.2, 0.25) is 0 Å². The van der Waals surface area contributed by atoms with Crippen molar-refractivity contribution in [1.82, 2.24) is 10.2 Å². The van der Waals surface area contributed by atoms with E-state index in [2.05, 4.69) is 21.7 Å². The van der Waals surface area contributed by atoms with E-state index in [0.717, 1.165) is 24.0 Å². The number of allylic oxidation sites excluding steroid dienone is 1. The van der Waals surface area contributed by atoms with Crippen molar-refractivity contribution in [3.05, 3.63) is 76.4 Å². The molecular formula is C29H37N5O2. The number of piperidine rings is 1. The molecule has 0 spiro atoms. The highest BCUT2D eigenvalue weighted by Crippen LogP contribution is 2.29. The van der Waals surface area contributed by atoms with Crippen LogP contribution in [-0.2, 0) is 0 Å². The van der Waals surface area contributed by atoms with Crippen molar-refractivity contribution < 1.29 is 9.59 Å². The smallest absolute Gasteiger partial charge is 0.319 e. The Morgan fingerprint density at radius 2 is 1.81 bits per heavy atom. The molecule has 1 aliphatic rings. The maximum atomic E-state index is 13.1. The topological polar surface area (TPSA) is 97.6 Å². The number of rotatable bonds is 6. The average molecular weight is 488 g/mol. The van der Waals surface area contributed by atoms with Crippen molar-refractivity contribution in [2.45, 2.75) is 46.5 Å². The van der Waals surface area contributed by atoms with Gasteiger partial charge in [0.1, 0.15) is 0 Å². The monoisotopic (exact) mass is 487 g/mol. The quantitative estimate of drug-likeness (QED) is 0.513. The van der Waals surface area contributed by atoms with E-state index in [1.807, 2.05) is 75.1 Å². The Bertz CT molecular complexity index is 1120. The number of aryl methyl sites for hydroxylation is 1. The van der Waals surface area contributed by atoms with Gasteiger partial charge < -0.3 is 15.5 Å². The van der Waals surface area contributed by atoms with E-state index in [-0.39, 0.29) is 11.9 Å². The van der Waals surface area contributed by atoms with Gasteiger partial charge in [0.05, 0.1) is 11.6 Å². The second-order valence-electron chi connectivity index (χ2n) is 8.39. The second-order valence-corrected chi connectivity index (χ2v) is 8.39. The average Bonchev–Trinajstić information content (AvgIpc) is 2.93. The number of anilines is 1. The first-order chi connectivity index (χ1) is 17.4. The van der Waals surface area contributed by atoms with Gasteiger partial charge in [-0.05, 0) is 73.6 Å². The maximum Gasteiger partial charge on any atom is 0.319 e. The molecule has 7 nitrogen and oxygen atoms in total. The van der Waals surface area contributed by atoms with E-state index in [0.29, 0.717) is 42.4 Å². The summed E-state index contributed by atoms with van der Waals surface area (Å²) < 4.78 is 0. The first-order valence-corrected chi connectivity index (χ1v) is 12.5. The van der Waals surface area contributed by atoms with Gasteiger partial charge in [-0.1, -0.05) is 38.1 Å². The minimum Gasteiger partial charge on any atom is -0.339 e. The fourth-order valence-corrected chi connectivity index (χ4v) is 4.05. The largest absolute Gasteiger partial charge is 0.339 e. The van der Waals surface area contributed by atoms with Crippen LogP contribution in [0.5, 0.6) is 0 Å². The number of likely N-dealkylation sites (tertiary alicyclic amines) is 1. The second kappa shape index (κ2) is 14.5. The van der Waals surface area contributed by atoms with E-state index in [9.17, 15) is 9.59 Å². The molecule has 2 aromatic carbocycles. The summed E-state index contributed by atoms with van der Waals surface area (Å²) in [5.74, 6) is 0.354. The fraction of sp³-hybridized carbons (Fsp3) is 0.379. The Morgan fingerprint density at radius 1 is 1.14 bits per heavy atom.